The van der Waals surface area contributed by atoms with Gasteiger partial charge in [0.05, 0.1) is 0 Å². The minimum atomic E-state index is -1.49. The molecule has 0 aliphatic rings. The van der Waals surface area contributed by atoms with Crippen molar-refractivity contribution in [1.82, 2.24) is 0 Å². The lowest BCUT2D eigenvalue weighted by Gasteiger charge is -2.06. The van der Waals surface area contributed by atoms with Crippen LogP contribution in [0.4, 0.5) is 26.3 Å². The van der Waals surface area contributed by atoms with Crippen LogP contribution in [-0.2, 0) is 0 Å². The van der Waals surface area contributed by atoms with Crippen LogP contribution in [0.15, 0.2) is 24.3 Å². The highest BCUT2D eigenvalue weighted by atomic mass is 19.2. The van der Waals surface area contributed by atoms with Gasteiger partial charge in [-0.25, -0.2) is 26.3 Å². The summed E-state index contributed by atoms with van der Waals surface area (Å²) in [7, 11) is 0.561. The lowest BCUT2D eigenvalue weighted by Crippen LogP contribution is -2.35. The number of halogens is 6. The molecule has 2 rings (SSSR count). The van der Waals surface area contributed by atoms with E-state index in [1.54, 1.807) is 0 Å². The second-order valence-electron chi connectivity index (χ2n) is 3.72. The Morgan fingerprint density at radius 3 is 1.68 bits per heavy atom. The molecule has 0 saturated heterocycles. The Hall–Kier alpha value is -1.92. The van der Waals surface area contributed by atoms with Gasteiger partial charge in [-0.15, -0.1) is 0 Å². The molecule has 0 nitrogen and oxygen atoms in total. The van der Waals surface area contributed by atoms with Crippen LogP contribution in [0.5, 0.6) is 0 Å². The van der Waals surface area contributed by atoms with Gasteiger partial charge in [0.2, 0.25) is 7.28 Å². The largest absolute Gasteiger partial charge is 0.207 e. The van der Waals surface area contributed by atoms with E-state index < -0.39 is 45.8 Å². The minimum Gasteiger partial charge on any atom is -0.207 e. The maximum absolute atomic E-state index is 13.3. The van der Waals surface area contributed by atoms with Gasteiger partial charge in [0, 0.05) is 18.2 Å². The molecule has 0 N–H and O–H groups in total. The maximum Gasteiger partial charge on any atom is 0.203 e. The zero-order valence-electron chi connectivity index (χ0n) is 9.15. The van der Waals surface area contributed by atoms with Gasteiger partial charge in [0.15, 0.2) is 11.6 Å². The van der Waals surface area contributed by atoms with Gasteiger partial charge in [0.25, 0.3) is 0 Å². The SMILES string of the molecule is Fc1cc(F)c([B]c2cc(F)cc(F)c2F)c(F)c1. The first-order valence-electron chi connectivity index (χ1n) is 5.02. The van der Waals surface area contributed by atoms with Crippen molar-refractivity contribution in [2.24, 2.45) is 0 Å². The highest BCUT2D eigenvalue weighted by Crippen LogP contribution is 2.07. The third-order valence-corrected chi connectivity index (χ3v) is 2.36. The Balaban J connectivity index is 2.48. The minimum absolute atomic E-state index is 0.296. The van der Waals surface area contributed by atoms with Crippen molar-refractivity contribution in [3.63, 3.8) is 0 Å². The lowest BCUT2D eigenvalue weighted by atomic mass is 9.63. The fraction of sp³-hybridized carbons (Fsp3) is 0. The molecule has 0 bridgehead atoms. The van der Waals surface area contributed by atoms with E-state index in [0.717, 1.165) is 0 Å². The first-order valence-corrected chi connectivity index (χ1v) is 5.02. The van der Waals surface area contributed by atoms with E-state index in [1.165, 1.54) is 0 Å². The summed E-state index contributed by atoms with van der Waals surface area (Å²) in [6, 6.07) is 1.62. The summed E-state index contributed by atoms with van der Waals surface area (Å²) in [5.41, 5.74) is -1.47. The van der Waals surface area contributed by atoms with Gasteiger partial charge in [0.1, 0.15) is 23.3 Å². The summed E-state index contributed by atoms with van der Waals surface area (Å²) >= 11 is 0. The zero-order valence-corrected chi connectivity index (χ0v) is 9.15. The van der Waals surface area contributed by atoms with Gasteiger partial charge < -0.3 is 0 Å². The fourth-order valence-corrected chi connectivity index (χ4v) is 1.53. The van der Waals surface area contributed by atoms with Gasteiger partial charge in [-0.05, 0) is 17.0 Å². The van der Waals surface area contributed by atoms with Gasteiger partial charge >= 0.3 is 0 Å². The molecule has 0 fully saturated rings. The highest BCUT2D eigenvalue weighted by molar-refractivity contribution is 6.67. The summed E-state index contributed by atoms with van der Waals surface area (Å²) in [5, 5.41) is 0. The smallest absolute Gasteiger partial charge is 0.203 e. The molecule has 1 radical (unpaired) electrons. The molecule has 7 heteroatoms. The van der Waals surface area contributed by atoms with Gasteiger partial charge in [-0.2, -0.15) is 0 Å². The molecular weight excluding hydrogens is 269 g/mol. The van der Waals surface area contributed by atoms with Crippen molar-refractivity contribution in [1.29, 1.82) is 0 Å². The third kappa shape index (κ3) is 2.75. The maximum atomic E-state index is 13.3. The van der Waals surface area contributed by atoms with Crippen LogP contribution < -0.4 is 10.9 Å². The number of rotatable bonds is 2. The molecule has 0 aliphatic carbocycles. The summed E-state index contributed by atoms with van der Waals surface area (Å²) in [6.45, 7) is 0. The zero-order chi connectivity index (χ0) is 14.2. The molecule has 0 atom stereocenters. The predicted molar refractivity (Wildman–Crippen MR) is 57.7 cm³/mol. The number of benzene rings is 2. The van der Waals surface area contributed by atoms with E-state index in [2.05, 4.69) is 0 Å². The third-order valence-electron chi connectivity index (χ3n) is 2.36. The average Bonchev–Trinajstić information content (AvgIpc) is 2.29. The normalized spacial score (nSPS) is 10.6. The van der Waals surface area contributed by atoms with Crippen molar-refractivity contribution in [2.75, 3.05) is 0 Å². The standard InChI is InChI=1S/C12H4BF6/c14-5-1-7(12(19)10(18)4-5)13-11-8(16)2-6(15)3-9(11)17/h1-4H. The monoisotopic (exact) mass is 273 g/mol. The molecule has 0 amide bonds. The van der Waals surface area contributed by atoms with Crippen LogP contribution in [-0.4, -0.2) is 7.28 Å². The van der Waals surface area contributed by atoms with E-state index in [-0.39, 0.29) is 0 Å². The van der Waals surface area contributed by atoms with Crippen molar-refractivity contribution in [2.45, 2.75) is 0 Å². The Bertz CT molecular complexity index is 617. The Kier molecular flexibility index (Phi) is 3.55. The molecule has 0 heterocycles. The molecule has 0 spiro atoms. The van der Waals surface area contributed by atoms with Crippen molar-refractivity contribution in [3.05, 3.63) is 59.2 Å². The van der Waals surface area contributed by atoms with Gasteiger partial charge in [-0.3, -0.25) is 0 Å². The van der Waals surface area contributed by atoms with Crippen LogP contribution in [0, 0.1) is 34.9 Å². The number of hydrogen-bond acceptors (Lipinski definition) is 0. The molecule has 0 unspecified atom stereocenters. The molecule has 0 aromatic heterocycles. The Morgan fingerprint density at radius 2 is 1.11 bits per heavy atom. The Labute approximate surface area is 104 Å². The topological polar surface area (TPSA) is 0 Å². The first kappa shape index (κ1) is 13.5. The fourth-order valence-electron chi connectivity index (χ4n) is 1.53. The lowest BCUT2D eigenvalue weighted by molar-refractivity contribution is 0.500. The van der Waals surface area contributed by atoms with Crippen LogP contribution in [0.3, 0.4) is 0 Å². The molecule has 97 valence electrons. The summed E-state index contributed by atoms with van der Waals surface area (Å²) in [4.78, 5) is 0. The molecule has 2 aromatic rings. The average molecular weight is 273 g/mol. The van der Waals surface area contributed by atoms with Crippen molar-refractivity contribution >= 4 is 18.2 Å². The van der Waals surface area contributed by atoms with E-state index >= 15 is 0 Å². The van der Waals surface area contributed by atoms with E-state index in [1.807, 2.05) is 0 Å². The molecule has 19 heavy (non-hydrogen) atoms. The predicted octanol–water partition coefficient (Wildman–Crippen LogP) is 2.18. The van der Waals surface area contributed by atoms with Crippen LogP contribution in [0.2, 0.25) is 0 Å². The van der Waals surface area contributed by atoms with Crippen LogP contribution >= 0.6 is 0 Å². The molecule has 2 aromatic carbocycles. The highest BCUT2D eigenvalue weighted by Gasteiger charge is 2.18. The molecular formula is C12H4BF6. The van der Waals surface area contributed by atoms with E-state index in [0.29, 0.717) is 31.5 Å². The summed E-state index contributed by atoms with van der Waals surface area (Å²) in [5.74, 6) is -7.81. The van der Waals surface area contributed by atoms with Crippen molar-refractivity contribution in [3.8, 4) is 0 Å². The van der Waals surface area contributed by atoms with Crippen LogP contribution in [0.1, 0.15) is 0 Å². The first-order chi connectivity index (χ1) is 8.88. The summed E-state index contributed by atoms with van der Waals surface area (Å²) in [6.07, 6.45) is 0. The molecule has 0 aliphatic heterocycles. The second-order valence-corrected chi connectivity index (χ2v) is 3.72. The van der Waals surface area contributed by atoms with Crippen molar-refractivity contribution < 1.29 is 26.3 Å². The molecule has 0 saturated carbocycles. The van der Waals surface area contributed by atoms with Gasteiger partial charge in [-0.1, -0.05) is 0 Å². The number of hydrogen-bond donors (Lipinski definition) is 0. The van der Waals surface area contributed by atoms with E-state index in [4.69, 9.17) is 0 Å². The van der Waals surface area contributed by atoms with Crippen LogP contribution in [0.25, 0.3) is 0 Å². The second kappa shape index (κ2) is 4.99. The summed E-state index contributed by atoms with van der Waals surface area (Å²) < 4.78 is 78.4. The quantitative estimate of drug-likeness (QED) is 0.447. The van der Waals surface area contributed by atoms with E-state index in [9.17, 15) is 26.3 Å². The Morgan fingerprint density at radius 1 is 0.632 bits per heavy atom.